The van der Waals surface area contributed by atoms with Crippen LogP contribution in [0.2, 0.25) is 0 Å². The molecule has 6 heteroatoms. The fourth-order valence-electron chi connectivity index (χ4n) is 4.43. The fraction of sp³-hybridized carbons (Fsp3) is 0.250. The third kappa shape index (κ3) is 4.31. The number of fused-ring (bicyclic) bond motifs is 1. The summed E-state index contributed by atoms with van der Waals surface area (Å²) in [5, 5.41) is 2.92. The van der Waals surface area contributed by atoms with E-state index in [0.717, 1.165) is 22.3 Å². The number of carbonyl (C=O) groups is 3. The molecule has 2 amide bonds. The van der Waals surface area contributed by atoms with Crippen molar-refractivity contribution in [3.05, 3.63) is 89.0 Å². The molecule has 4 rings (SSSR count). The second kappa shape index (κ2) is 9.51. The number of nitrogens with one attached hydrogen (secondary N) is 1. The lowest BCUT2D eigenvalue weighted by molar-refractivity contribution is -0.146. The Hall–Kier alpha value is -3.93. The third-order valence-electron chi connectivity index (χ3n) is 6.37. The minimum Gasteiger partial charge on any atom is -0.467 e. The molecule has 0 fully saturated rings. The van der Waals surface area contributed by atoms with Gasteiger partial charge in [-0.15, -0.1) is 0 Å². The molecule has 1 N–H and O–H groups in total. The fourth-order valence-corrected chi connectivity index (χ4v) is 4.43. The molecule has 6 nitrogen and oxygen atoms in total. The van der Waals surface area contributed by atoms with Crippen molar-refractivity contribution in [1.82, 2.24) is 4.90 Å². The topological polar surface area (TPSA) is 75.7 Å². The Labute approximate surface area is 199 Å². The van der Waals surface area contributed by atoms with Gasteiger partial charge in [-0.2, -0.15) is 0 Å². The number of aryl methyl sites for hydroxylation is 1. The van der Waals surface area contributed by atoms with Gasteiger partial charge in [0.1, 0.15) is 6.04 Å². The van der Waals surface area contributed by atoms with E-state index in [1.165, 1.54) is 7.11 Å². The first-order valence-electron chi connectivity index (χ1n) is 11.4. The average molecular weight is 457 g/mol. The molecule has 0 saturated heterocycles. The van der Waals surface area contributed by atoms with Crippen LogP contribution in [0.15, 0.2) is 66.7 Å². The van der Waals surface area contributed by atoms with Crippen LogP contribution in [0, 0.1) is 6.92 Å². The Kier molecular flexibility index (Phi) is 6.50. The van der Waals surface area contributed by atoms with Gasteiger partial charge in [0.25, 0.3) is 11.8 Å². The second-order valence-corrected chi connectivity index (χ2v) is 8.54. The third-order valence-corrected chi connectivity index (χ3v) is 6.37. The minimum absolute atomic E-state index is 0.152. The summed E-state index contributed by atoms with van der Waals surface area (Å²) >= 11 is 0. The summed E-state index contributed by atoms with van der Waals surface area (Å²) in [5.41, 5.74) is 5.84. The molecular weight excluding hydrogens is 428 g/mol. The van der Waals surface area contributed by atoms with Crippen molar-refractivity contribution in [2.24, 2.45) is 0 Å². The van der Waals surface area contributed by atoms with E-state index in [-0.39, 0.29) is 17.9 Å². The first-order chi connectivity index (χ1) is 16.3. The number of methoxy groups -OCH3 is 1. The van der Waals surface area contributed by atoms with E-state index in [4.69, 9.17) is 4.74 Å². The van der Waals surface area contributed by atoms with Crippen LogP contribution in [0.5, 0.6) is 0 Å². The second-order valence-electron chi connectivity index (χ2n) is 8.54. The SMILES string of the molecule is CCC(C(=O)OC)N1C(=O)c2ccc(-c3ccc(NC(=O)c4ccc(C)cc4)cc3)cc2C1C. The van der Waals surface area contributed by atoms with Crippen molar-refractivity contribution < 1.29 is 19.1 Å². The molecule has 0 aliphatic carbocycles. The maximum atomic E-state index is 13.0. The Morgan fingerprint density at radius 1 is 1.00 bits per heavy atom. The number of hydrogen-bond acceptors (Lipinski definition) is 4. The van der Waals surface area contributed by atoms with Crippen LogP contribution < -0.4 is 5.32 Å². The number of rotatable bonds is 6. The van der Waals surface area contributed by atoms with Gasteiger partial charge >= 0.3 is 5.97 Å². The smallest absolute Gasteiger partial charge is 0.328 e. The molecule has 0 spiro atoms. The predicted octanol–water partition coefficient (Wildman–Crippen LogP) is 5.38. The maximum Gasteiger partial charge on any atom is 0.328 e. The van der Waals surface area contributed by atoms with Gasteiger partial charge in [0.15, 0.2) is 0 Å². The van der Waals surface area contributed by atoms with Crippen molar-refractivity contribution in [3.63, 3.8) is 0 Å². The van der Waals surface area contributed by atoms with Gasteiger partial charge in [0.2, 0.25) is 0 Å². The zero-order valence-electron chi connectivity index (χ0n) is 19.8. The van der Waals surface area contributed by atoms with Gasteiger partial charge in [0, 0.05) is 16.8 Å². The van der Waals surface area contributed by atoms with Crippen molar-refractivity contribution in [3.8, 4) is 11.1 Å². The van der Waals surface area contributed by atoms with Crippen LogP contribution in [0.3, 0.4) is 0 Å². The van der Waals surface area contributed by atoms with E-state index in [2.05, 4.69) is 5.32 Å². The molecule has 34 heavy (non-hydrogen) atoms. The summed E-state index contributed by atoms with van der Waals surface area (Å²) in [4.78, 5) is 39.4. The van der Waals surface area contributed by atoms with E-state index in [1.54, 1.807) is 17.0 Å². The molecule has 1 aliphatic heterocycles. The first-order valence-corrected chi connectivity index (χ1v) is 11.4. The monoisotopic (exact) mass is 456 g/mol. The zero-order valence-corrected chi connectivity index (χ0v) is 19.8. The Bertz CT molecular complexity index is 1230. The highest BCUT2D eigenvalue weighted by molar-refractivity contribution is 6.04. The van der Waals surface area contributed by atoms with Crippen molar-refractivity contribution in [1.29, 1.82) is 0 Å². The van der Waals surface area contributed by atoms with Gasteiger partial charge in [-0.05, 0) is 73.4 Å². The highest BCUT2D eigenvalue weighted by atomic mass is 16.5. The summed E-state index contributed by atoms with van der Waals surface area (Å²) in [6.45, 7) is 5.78. The molecule has 0 aromatic heterocycles. The van der Waals surface area contributed by atoms with Crippen LogP contribution >= 0.6 is 0 Å². The Balaban J connectivity index is 1.54. The number of anilines is 1. The predicted molar refractivity (Wildman–Crippen MR) is 132 cm³/mol. The standard InChI is InChI=1S/C28H28N2O4/c1-5-25(28(33)34-4)30-18(3)24-16-21(12-15-23(24)27(30)32)19-10-13-22(14-11-19)29-26(31)20-8-6-17(2)7-9-20/h6-16,18,25H,5H2,1-4H3,(H,29,31). The van der Waals surface area contributed by atoms with Crippen LogP contribution in [-0.2, 0) is 9.53 Å². The largest absolute Gasteiger partial charge is 0.467 e. The number of hydrogen-bond donors (Lipinski definition) is 1. The number of nitrogens with zero attached hydrogens (tertiary/aromatic N) is 1. The number of carbonyl (C=O) groups excluding carboxylic acids is 3. The molecular formula is C28H28N2O4. The lowest BCUT2D eigenvalue weighted by atomic mass is 9.97. The Morgan fingerprint density at radius 2 is 1.65 bits per heavy atom. The van der Waals surface area contributed by atoms with Gasteiger partial charge in [-0.3, -0.25) is 9.59 Å². The van der Waals surface area contributed by atoms with Crippen molar-refractivity contribution in [2.75, 3.05) is 12.4 Å². The highest BCUT2D eigenvalue weighted by Gasteiger charge is 2.41. The molecule has 3 aromatic rings. The number of benzene rings is 3. The highest BCUT2D eigenvalue weighted by Crippen LogP contribution is 2.38. The maximum absolute atomic E-state index is 13.0. The van der Waals surface area contributed by atoms with E-state index in [0.29, 0.717) is 23.2 Å². The van der Waals surface area contributed by atoms with E-state index in [1.807, 2.05) is 75.4 Å². The molecule has 0 radical (unpaired) electrons. The van der Waals surface area contributed by atoms with Crippen molar-refractivity contribution in [2.45, 2.75) is 39.3 Å². The van der Waals surface area contributed by atoms with E-state index < -0.39 is 12.0 Å². The van der Waals surface area contributed by atoms with Gasteiger partial charge in [-0.25, -0.2) is 4.79 Å². The van der Waals surface area contributed by atoms with Gasteiger partial charge in [0.05, 0.1) is 13.2 Å². The molecule has 174 valence electrons. The van der Waals surface area contributed by atoms with Gasteiger partial charge in [-0.1, -0.05) is 42.8 Å². The molecule has 3 aromatic carbocycles. The average Bonchev–Trinajstić information content (AvgIpc) is 3.10. The number of amides is 2. The van der Waals surface area contributed by atoms with E-state index in [9.17, 15) is 14.4 Å². The zero-order chi connectivity index (χ0) is 24.4. The normalized spacial score (nSPS) is 15.6. The molecule has 1 aliphatic rings. The quantitative estimate of drug-likeness (QED) is 0.505. The summed E-state index contributed by atoms with van der Waals surface area (Å²) in [7, 11) is 1.34. The Morgan fingerprint density at radius 3 is 2.26 bits per heavy atom. The summed E-state index contributed by atoms with van der Waals surface area (Å²) in [6.07, 6.45) is 0.485. The molecule has 2 atom stereocenters. The summed E-state index contributed by atoms with van der Waals surface area (Å²) < 4.78 is 4.91. The minimum atomic E-state index is -0.611. The molecule has 2 unspecified atom stereocenters. The van der Waals surface area contributed by atoms with Crippen LogP contribution in [-0.4, -0.2) is 35.8 Å². The van der Waals surface area contributed by atoms with E-state index >= 15 is 0 Å². The van der Waals surface area contributed by atoms with Gasteiger partial charge < -0.3 is 15.0 Å². The molecule has 1 heterocycles. The number of ether oxygens (including phenoxy) is 1. The first kappa shape index (κ1) is 23.2. The van der Waals surface area contributed by atoms with Crippen LogP contribution in [0.25, 0.3) is 11.1 Å². The van der Waals surface area contributed by atoms with Crippen LogP contribution in [0.1, 0.15) is 58.2 Å². The van der Waals surface area contributed by atoms with Crippen LogP contribution in [0.4, 0.5) is 5.69 Å². The lowest BCUT2D eigenvalue weighted by Gasteiger charge is -2.29. The lowest BCUT2D eigenvalue weighted by Crippen LogP contribution is -2.43. The summed E-state index contributed by atoms with van der Waals surface area (Å²) in [5.74, 6) is -0.715. The molecule has 0 saturated carbocycles. The van der Waals surface area contributed by atoms with Crippen molar-refractivity contribution >= 4 is 23.5 Å². The summed E-state index contributed by atoms with van der Waals surface area (Å²) in [6, 6.07) is 19.9. The molecule has 0 bridgehead atoms. The number of esters is 1.